The van der Waals surface area contributed by atoms with E-state index in [1.807, 2.05) is 18.2 Å². The van der Waals surface area contributed by atoms with E-state index in [2.05, 4.69) is 42.2 Å². The summed E-state index contributed by atoms with van der Waals surface area (Å²) in [5.74, 6) is 0.528. The Kier molecular flexibility index (Phi) is 4.53. The van der Waals surface area contributed by atoms with Gasteiger partial charge in [-0.05, 0) is 23.9 Å². The van der Waals surface area contributed by atoms with Gasteiger partial charge in [-0.2, -0.15) is 4.98 Å². The molecule has 8 nitrogen and oxygen atoms in total. The van der Waals surface area contributed by atoms with E-state index in [9.17, 15) is 9.59 Å². The molecule has 2 amide bonds. The number of hydrogen-bond acceptors (Lipinski definition) is 8. The van der Waals surface area contributed by atoms with E-state index in [0.29, 0.717) is 16.7 Å². The predicted octanol–water partition coefficient (Wildman–Crippen LogP) is 1.52. The molecule has 2 aromatic rings. The highest BCUT2D eigenvalue weighted by atomic mass is 32.2. The minimum absolute atomic E-state index is 0.293. The number of nitrogens with one attached hydrogen (secondary N) is 1. The van der Waals surface area contributed by atoms with Gasteiger partial charge in [0, 0.05) is 37.9 Å². The number of imide groups is 1. The average Bonchev–Trinajstić information content (AvgIpc) is 3.00. The smallest absolute Gasteiger partial charge is 0.290 e. The number of benzene rings is 1. The van der Waals surface area contributed by atoms with Crippen molar-refractivity contribution in [3.63, 3.8) is 0 Å². The van der Waals surface area contributed by atoms with Crippen molar-refractivity contribution in [2.75, 3.05) is 36.0 Å². The standard InChI is InChI=1S/C17H16N6O2S/c24-15-13(26-17(25)21-15)10-14-18-11-19-16(20-14)23-8-6-22(7-9-23)12-4-2-1-3-5-12/h1-5,10-11H,6-9H2,(H,21,24,25)/b13-10-. The number of rotatable bonds is 3. The molecule has 1 N–H and O–H groups in total. The molecule has 4 rings (SSSR count). The van der Waals surface area contributed by atoms with E-state index in [1.165, 1.54) is 18.1 Å². The normalized spacial score (nSPS) is 19.2. The molecular formula is C17H16N6O2S. The van der Waals surface area contributed by atoms with Crippen molar-refractivity contribution >= 4 is 40.6 Å². The van der Waals surface area contributed by atoms with Crippen molar-refractivity contribution < 1.29 is 9.59 Å². The SMILES string of the molecule is O=C1NC(=O)/C(=C/c2ncnc(N3CCN(c4ccccc4)CC3)n2)S1. The summed E-state index contributed by atoms with van der Waals surface area (Å²) in [5, 5.41) is 1.83. The highest BCUT2D eigenvalue weighted by Crippen LogP contribution is 2.25. The summed E-state index contributed by atoms with van der Waals surface area (Å²) in [4.78, 5) is 40.3. The zero-order valence-electron chi connectivity index (χ0n) is 13.8. The quantitative estimate of drug-likeness (QED) is 0.816. The number of hydrogen-bond donors (Lipinski definition) is 1. The molecule has 3 heterocycles. The fourth-order valence-corrected chi connectivity index (χ4v) is 3.52. The third-order valence-electron chi connectivity index (χ3n) is 4.16. The van der Waals surface area contributed by atoms with Crippen molar-refractivity contribution in [3.05, 3.63) is 47.4 Å². The number of anilines is 2. The minimum atomic E-state index is -0.418. The second kappa shape index (κ2) is 7.12. The second-order valence-electron chi connectivity index (χ2n) is 5.81. The van der Waals surface area contributed by atoms with Crippen molar-refractivity contribution in [2.24, 2.45) is 0 Å². The van der Waals surface area contributed by atoms with Crippen LogP contribution in [0.1, 0.15) is 5.82 Å². The number of thioether (sulfide) groups is 1. The van der Waals surface area contributed by atoms with Gasteiger partial charge in [0.15, 0.2) is 5.82 Å². The topological polar surface area (TPSA) is 91.3 Å². The number of aromatic nitrogens is 3. The lowest BCUT2D eigenvalue weighted by Crippen LogP contribution is -2.47. The Morgan fingerprint density at radius 2 is 1.73 bits per heavy atom. The molecular weight excluding hydrogens is 352 g/mol. The molecule has 0 radical (unpaired) electrons. The van der Waals surface area contributed by atoms with Crippen LogP contribution in [0, 0.1) is 0 Å². The monoisotopic (exact) mass is 368 g/mol. The van der Waals surface area contributed by atoms with E-state index < -0.39 is 5.91 Å². The van der Waals surface area contributed by atoms with E-state index in [0.717, 1.165) is 37.9 Å². The molecule has 2 fully saturated rings. The van der Waals surface area contributed by atoms with Gasteiger partial charge in [-0.25, -0.2) is 9.97 Å². The van der Waals surface area contributed by atoms with Crippen LogP contribution >= 0.6 is 11.8 Å². The number of piperazine rings is 1. The lowest BCUT2D eigenvalue weighted by Gasteiger charge is -2.36. The van der Waals surface area contributed by atoms with Gasteiger partial charge >= 0.3 is 0 Å². The summed E-state index contributed by atoms with van der Waals surface area (Å²) >= 11 is 0.849. The molecule has 132 valence electrons. The first-order valence-electron chi connectivity index (χ1n) is 8.18. The van der Waals surface area contributed by atoms with Crippen molar-refractivity contribution in [3.8, 4) is 0 Å². The van der Waals surface area contributed by atoms with Crippen molar-refractivity contribution in [1.82, 2.24) is 20.3 Å². The largest absolute Gasteiger partial charge is 0.368 e. The van der Waals surface area contributed by atoms with Crippen LogP contribution in [-0.4, -0.2) is 52.3 Å². The molecule has 1 aromatic heterocycles. The number of amides is 2. The van der Waals surface area contributed by atoms with Crippen LogP contribution in [0.3, 0.4) is 0 Å². The maximum atomic E-state index is 11.6. The molecule has 0 spiro atoms. The lowest BCUT2D eigenvalue weighted by atomic mass is 10.2. The molecule has 0 aliphatic carbocycles. The molecule has 0 bridgehead atoms. The zero-order valence-corrected chi connectivity index (χ0v) is 14.6. The molecule has 0 unspecified atom stereocenters. The third kappa shape index (κ3) is 3.52. The molecule has 1 aromatic carbocycles. The Balaban J connectivity index is 1.45. The Labute approximate surface area is 154 Å². The Morgan fingerprint density at radius 1 is 1.00 bits per heavy atom. The third-order valence-corrected chi connectivity index (χ3v) is 4.97. The first-order valence-corrected chi connectivity index (χ1v) is 8.99. The van der Waals surface area contributed by atoms with Gasteiger partial charge in [0.2, 0.25) is 5.95 Å². The van der Waals surface area contributed by atoms with Gasteiger partial charge < -0.3 is 9.80 Å². The summed E-state index contributed by atoms with van der Waals surface area (Å²) in [6.07, 6.45) is 2.94. The summed E-state index contributed by atoms with van der Waals surface area (Å²) in [5.41, 5.74) is 1.21. The van der Waals surface area contributed by atoms with Crippen molar-refractivity contribution in [1.29, 1.82) is 0 Å². The number of nitrogens with zero attached hydrogens (tertiary/aromatic N) is 5. The van der Waals surface area contributed by atoms with Gasteiger partial charge in [-0.3, -0.25) is 14.9 Å². The van der Waals surface area contributed by atoms with E-state index >= 15 is 0 Å². The predicted molar refractivity (Wildman–Crippen MR) is 99.8 cm³/mol. The van der Waals surface area contributed by atoms with E-state index in [1.54, 1.807) is 0 Å². The molecule has 0 saturated carbocycles. The molecule has 2 aliphatic rings. The summed E-state index contributed by atoms with van der Waals surface area (Å²) in [6, 6.07) is 10.3. The minimum Gasteiger partial charge on any atom is -0.368 e. The highest BCUT2D eigenvalue weighted by Gasteiger charge is 2.26. The van der Waals surface area contributed by atoms with Crippen LogP contribution in [0.2, 0.25) is 0 Å². The van der Waals surface area contributed by atoms with E-state index in [-0.39, 0.29) is 5.24 Å². The number of carbonyl (C=O) groups is 2. The second-order valence-corrected chi connectivity index (χ2v) is 6.82. The Bertz CT molecular complexity index is 865. The molecule has 0 atom stereocenters. The summed E-state index contributed by atoms with van der Waals surface area (Å²) in [7, 11) is 0. The van der Waals surface area contributed by atoms with Crippen LogP contribution in [0.4, 0.5) is 16.4 Å². The van der Waals surface area contributed by atoms with Gasteiger partial charge in [-0.15, -0.1) is 0 Å². The fraction of sp³-hybridized carbons (Fsp3) is 0.235. The van der Waals surface area contributed by atoms with Crippen LogP contribution in [0.15, 0.2) is 41.6 Å². The summed E-state index contributed by atoms with van der Waals surface area (Å²) < 4.78 is 0. The Morgan fingerprint density at radius 3 is 2.42 bits per heavy atom. The highest BCUT2D eigenvalue weighted by molar-refractivity contribution is 8.18. The van der Waals surface area contributed by atoms with Gasteiger partial charge in [0.1, 0.15) is 6.33 Å². The average molecular weight is 368 g/mol. The van der Waals surface area contributed by atoms with Crippen LogP contribution in [-0.2, 0) is 4.79 Å². The lowest BCUT2D eigenvalue weighted by molar-refractivity contribution is -0.115. The first-order chi connectivity index (χ1) is 12.7. The first kappa shape index (κ1) is 16.5. The maximum Gasteiger partial charge on any atom is 0.290 e. The van der Waals surface area contributed by atoms with Crippen LogP contribution < -0.4 is 15.1 Å². The summed E-state index contributed by atoms with van der Waals surface area (Å²) in [6.45, 7) is 3.34. The van der Waals surface area contributed by atoms with Gasteiger partial charge in [0.25, 0.3) is 11.1 Å². The van der Waals surface area contributed by atoms with Crippen LogP contribution in [0.5, 0.6) is 0 Å². The molecule has 2 saturated heterocycles. The van der Waals surface area contributed by atoms with E-state index in [4.69, 9.17) is 0 Å². The van der Waals surface area contributed by atoms with Crippen molar-refractivity contribution in [2.45, 2.75) is 0 Å². The van der Waals surface area contributed by atoms with Gasteiger partial charge in [-0.1, -0.05) is 18.2 Å². The van der Waals surface area contributed by atoms with Crippen LogP contribution in [0.25, 0.3) is 6.08 Å². The molecule has 9 heteroatoms. The van der Waals surface area contributed by atoms with Gasteiger partial charge in [0.05, 0.1) is 4.91 Å². The number of para-hydroxylation sites is 1. The molecule has 2 aliphatic heterocycles. The number of carbonyl (C=O) groups excluding carboxylic acids is 2. The maximum absolute atomic E-state index is 11.6. The fourth-order valence-electron chi connectivity index (χ4n) is 2.86. The zero-order chi connectivity index (χ0) is 17.9. The molecule has 26 heavy (non-hydrogen) atoms. The Hall–Kier alpha value is -2.94.